The maximum atomic E-state index is 5.94. The van der Waals surface area contributed by atoms with Gasteiger partial charge in [-0.1, -0.05) is 11.6 Å². The Labute approximate surface area is 97.9 Å². The zero-order valence-electron chi connectivity index (χ0n) is 8.27. The van der Waals surface area contributed by atoms with E-state index in [2.05, 4.69) is 0 Å². The molecule has 0 aliphatic rings. The fraction of sp³-hybridized carbons (Fsp3) is 0.0909. The summed E-state index contributed by atoms with van der Waals surface area (Å²) in [4.78, 5) is 2.03. The van der Waals surface area contributed by atoms with Gasteiger partial charge in [0.05, 0.1) is 16.4 Å². The van der Waals surface area contributed by atoms with E-state index in [0.717, 1.165) is 16.4 Å². The van der Waals surface area contributed by atoms with E-state index < -0.39 is 0 Å². The zero-order chi connectivity index (χ0) is 10.8. The maximum absolute atomic E-state index is 5.94. The summed E-state index contributed by atoms with van der Waals surface area (Å²) in [5.74, 6) is 0. The van der Waals surface area contributed by atoms with E-state index in [-0.39, 0.29) is 0 Å². The summed E-state index contributed by atoms with van der Waals surface area (Å²) in [6.07, 6.45) is 0. The summed E-state index contributed by atoms with van der Waals surface area (Å²) in [6.45, 7) is 0. The van der Waals surface area contributed by atoms with Crippen LogP contribution in [0.2, 0.25) is 5.02 Å². The number of benzene rings is 1. The van der Waals surface area contributed by atoms with E-state index in [4.69, 9.17) is 17.3 Å². The standard InChI is InChI=1S/C11H11ClN2S/c1-14(11-3-2-6-15-11)10-7-8(12)4-5-9(10)13/h2-7H,13H2,1H3. The molecule has 0 saturated carbocycles. The number of nitrogens with zero attached hydrogens (tertiary/aromatic N) is 1. The predicted molar refractivity (Wildman–Crippen MR) is 68.2 cm³/mol. The van der Waals surface area contributed by atoms with Gasteiger partial charge in [0.25, 0.3) is 0 Å². The lowest BCUT2D eigenvalue weighted by molar-refractivity contribution is 1.24. The molecule has 78 valence electrons. The molecule has 0 radical (unpaired) electrons. The van der Waals surface area contributed by atoms with Crippen LogP contribution >= 0.6 is 22.9 Å². The fourth-order valence-electron chi connectivity index (χ4n) is 1.39. The number of thiophene rings is 1. The molecule has 1 aromatic carbocycles. The van der Waals surface area contributed by atoms with Crippen molar-refractivity contribution in [3.05, 3.63) is 40.7 Å². The largest absolute Gasteiger partial charge is 0.397 e. The molecule has 0 saturated heterocycles. The highest BCUT2D eigenvalue weighted by molar-refractivity contribution is 7.14. The molecule has 0 aliphatic carbocycles. The highest BCUT2D eigenvalue weighted by Gasteiger charge is 2.08. The summed E-state index contributed by atoms with van der Waals surface area (Å²) < 4.78 is 0. The molecule has 15 heavy (non-hydrogen) atoms. The molecular formula is C11H11ClN2S. The first-order chi connectivity index (χ1) is 7.18. The highest BCUT2D eigenvalue weighted by atomic mass is 35.5. The van der Waals surface area contributed by atoms with E-state index in [1.165, 1.54) is 0 Å². The van der Waals surface area contributed by atoms with Gasteiger partial charge in [0.15, 0.2) is 0 Å². The molecule has 0 atom stereocenters. The van der Waals surface area contributed by atoms with Gasteiger partial charge in [0.2, 0.25) is 0 Å². The molecule has 0 aliphatic heterocycles. The zero-order valence-corrected chi connectivity index (χ0v) is 9.85. The van der Waals surface area contributed by atoms with Crippen LogP contribution in [0.5, 0.6) is 0 Å². The van der Waals surface area contributed by atoms with Gasteiger partial charge in [0.1, 0.15) is 0 Å². The van der Waals surface area contributed by atoms with Crippen molar-refractivity contribution in [2.24, 2.45) is 0 Å². The van der Waals surface area contributed by atoms with E-state index in [1.807, 2.05) is 41.6 Å². The maximum Gasteiger partial charge on any atom is 0.0951 e. The van der Waals surface area contributed by atoms with Crippen molar-refractivity contribution in [1.29, 1.82) is 0 Å². The Kier molecular flexibility index (Phi) is 2.84. The lowest BCUT2D eigenvalue weighted by Crippen LogP contribution is -2.09. The number of anilines is 3. The predicted octanol–water partition coefficient (Wildman–Crippen LogP) is 3.75. The molecule has 0 amide bonds. The number of hydrogen-bond donors (Lipinski definition) is 1. The second-order valence-corrected chi connectivity index (χ2v) is 4.58. The first kappa shape index (κ1) is 10.3. The Bertz CT molecular complexity index is 454. The average Bonchev–Trinajstić information content (AvgIpc) is 2.74. The van der Waals surface area contributed by atoms with Crippen LogP contribution in [-0.4, -0.2) is 7.05 Å². The van der Waals surface area contributed by atoms with Crippen LogP contribution in [0, 0.1) is 0 Å². The SMILES string of the molecule is CN(c1cccs1)c1cc(Cl)ccc1N. The summed E-state index contributed by atoms with van der Waals surface area (Å²) in [6, 6.07) is 9.54. The van der Waals surface area contributed by atoms with Gasteiger partial charge in [0, 0.05) is 12.1 Å². The summed E-state index contributed by atoms with van der Waals surface area (Å²) in [7, 11) is 1.98. The number of hydrogen-bond acceptors (Lipinski definition) is 3. The van der Waals surface area contributed by atoms with Gasteiger partial charge in [-0.25, -0.2) is 0 Å². The molecule has 2 aromatic rings. The number of nitrogen functional groups attached to an aromatic ring is 1. The van der Waals surface area contributed by atoms with Gasteiger partial charge in [-0.3, -0.25) is 0 Å². The molecule has 0 bridgehead atoms. The quantitative estimate of drug-likeness (QED) is 0.808. The van der Waals surface area contributed by atoms with Gasteiger partial charge in [-0.05, 0) is 35.7 Å². The third-order valence-electron chi connectivity index (χ3n) is 2.19. The van der Waals surface area contributed by atoms with Gasteiger partial charge < -0.3 is 10.6 Å². The van der Waals surface area contributed by atoms with Crippen LogP contribution in [0.15, 0.2) is 35.7 Å². The molecule has 2 nitrogen and oxygen atoms in total. The monoisotopic (exact) mass is 238 g/mol. The molecule has 0 spiro atoms. The Balaban J connectivity index is 2.41. The lowest BCUT2D eigenvalue weighted by atomic mass is 10.2. The van der Waals surface area contributed by atoms with Crippen molar-refractivity contribution in [2.75, 3.05) is 17.7 Å². The van der Waals surface area contributed by atoms with Gasteiger partial charge >= 0.3 is 0 Å². The highest BCUT2D eigenvalue weighted by Crippen LogP contribution is 2.33. The van der Waals surface area contributed by atoms with Gasteiger partial charge in [-0.2, -0.15) is 0 Å². The Morgan fingerprint density at radius 1 is 1.33 bits per heavy atom. The van der Waals surface area contributed by atoms with Crippen molar-refractivity contribution in [2.45, 2.75) is 0 Å². The van der Waals surface area contributed by atoms with Crippen molar-refractivity contribution in [3.8, 4) is 0 Å². The molecule has 0 unspecified atom stereocenters. The molecule has 4 heteroatoms. The smallest absolute Gasteiger partial charge is 0.0951 e. The normalized spacial score (nSPS) is 10.3. The van der Waals surface area contributed by atoms with E-state index in [0.29, 0.717) is 5.02 Å². The number of nitrogens with two attached hydrogens (primary N) is 1. The molecule has 2 rings (SSSR count). The molecule has 2 N–H and O–H groups in total. The van der Waals surface area contributed by atoms with E-state index in [1.54, 1.807) is 17.4 Å². The van der Waals surface area contributed by atoms with Crippen molar-refractivity contribution < 1.29 is 0 Å². The number of rotatable bonds is 2. The fourth-order valence-corrected chi connectivity index (χ4v) is 2.26. The van der Waals surface area contributed by atoms with Crippen LogP contribution in [0.4, 0.5) is 16.4 Å². The Hall–Kier alpha value is -1.19. The van der Waals surface area contributed by atoms with Gasteiger partial charge in [-0.15, -0.1) is 11.3 Å². The molecule has 1 aromatic heterocycles. The minimum Gasteiger partial charge on any atom is -0.397 e. The first-order valence-electron chi connectivity index (χ1n) is 4.51. The van der Waals surface area contributed by atoms with Crippen LogP contribution in [0.3, 0.4) is 0 Å². The molecule has 1 heterocycles. The summed E-state index contributed by atoms with van der Waals surface area (Å²) >= 11 is 7.61. The van der Waals surface area contributed by atoms with Crippen molar-refractivity contribution >= 4 is 39.3 Å². The second-order valence-electron chi connectivity index (χ2n) is 3.21. The van der Waals surface area contributed by atoms with Crippen LogP contribution in [-0.2, 0) is 0 Å². The third kappa shape index (κ3) is 2.08. The van der Waals surface area contributed by atoms with E-state index >= 15 is 0 Å². The first-order valence-corrected chi connectivity index (χ1v) is 5.76. The third-order valence-corrected chi connectivity index (χ3v) is 3.37. The minimum atomic E-state index is 0.697. The average molecular weight is 239 g/mol. The lowest BCUT2D eigenvalue weighted by Gasteiger charge is -2.19. The van der Waals surface area contributed by atoms with Crippen LogP contribution in [0.1, 0.15) is 0 Å². The minimum absolute atomic E-state index is 0.697. The summed E-state index contributed by atoms with van der Waals surface area (Å²) in [5, 5.41) is 3.87. The Morgan fingerprint density at radius 3 is 2.80 bits per heavy atom. The number of halogens is 1. The Morgan fingerprint density at radius 2 is 2.13 bits per heavy atom. The topological polar surface area (TPSA) is 29.3 Å². The second kappa shape index (κ2) is 4.13. The van der Waals surface area contributed by atoms with Crippen LogP contribution in [0.25, 0.3) is 0 Å². The van der Waals surface area contributed by atoms with Crippen LogP contribution < -0.4 is 10.6 Å². The molecule has 0 fully saturated rings. The molecular weight excluding hydrogens is 228 g/mol. The van der Waals surface area contributed by atoms with E-state index in [9.17, 15) is 0 Å². The van der Waals surface area contributed by atoms with Crippen molar-refractivity contribution in [1.82, 2.24) is 0 Å². The summed E-state index contributed by atoms with van der Waals surface area (Å²) in [5.41, 5.74) is 7.57. The van der Waals surface area contributed by atoms with Crippen molar-refractivity contribution in [3.63, 3.8) is 0 Å².